The molecule has 0 spiro atoms. The lowest BCUT2D eigenvalue weighted by Crippen LogP contribution is -2.21. The zero-order chi connectivity index (χ0) is 16.5. The van der Waals surface area contributed by atoms with Gasteiger partial charge in [-0.1, -0.05) is 24.3 Å². The maximum Gasteiger partial charge on any atom is 0.225 e. The summed E-state index contributed by atoms with van der Waals surface area (Å²) in [5, 5.41) is 6.46. The molecule has 2 aromatic heterocycles. The Kier molecular flexibility index (Phi) is 3.53. The van der Waals surface area contributed by atoms with Crippen LogP contribution in [0.1, 0.15) is 16.8 Å². The van der Waals surface area contributed by atoms with Crippen LogP contribution in [0.3, 0.4) is 0 Å². The van der Waals surface area contributed by atoms with Gasteiger partial charge in [-0.2, -0.15) is 4.98 Å². The molecule has 7 nitrogen and oxygen atoms in total. The van der Waals surface area contributed by atoms with Crippen LogP contribution in [0.4, 0.5) is 11.6 Å². The predicted molar refractivity (Wildman–Crippen MR) is 90.6 cm³/mol. The van der Waals surface area contributed by atoms with Gasteiger partial charge >= 0.3 is 0 Å². The van der Waals surface area contributed by atoms with Gasteiger partial charge in [0.25, 0.3) is 0 Å². The highest BCUT2D eigenvalue weighted by molar-refractivity contribution is 5.58. The molecular formula is C17H16N6O. The number of nitrogens with one attached hydrogen (secondary N) is 1. The van der Waals surface area contributed by atoms with Crippen LogP contribution in [-0.4, -0.2) is 25.6 Å². The molecule has 2 heterocycles. The summed E-state index contributed by atoms with van der Waals surface area (Å²) in [5.41, 5.74) is 3.48. The first-order valence-corrected chi connectivity index (χ1v) is 7.78. The van der Waals surface area contributed by atoms with Crippen molar-refractivity contribution in [2.24, 2.45) is 5.18 Å². The smallest absolute Gasteiger partial charge is 0.225 e. The quantitative estimate of drug-likeness (QED) is 0.747. The number of fused-ring (bicyclic) bond motifs is 1. The van der Waals surface area contributed by atoms with Crippen LogP contribution in [0.25, 0.3) is 5.82 Å². The number of aromatic nitrogens is 4. The third-order valence-electron chi connectivity index (χ3n) is 4.26. The SMILES string of the molecule is Cc1nc(NC2Cc3ccccc3C2)nc(-n2ccnc2)c1N=O. The normalized spacial score (nSPS) is 13.7. The lowest BCUT2D eigenvalue weighted by molar-refractivity contribution is 0.758. The third kappa shape index (κ3) is 2.54. The van der Waals surface area contributed by atoms with Crippen molar-refractivity contribution >= 4 is 11.6 Å². The molecule has 0 bridgehead atoms. The van der Waals surface area contributed by atoms with Crippen molar-refractivity contribution in [1.29, 1.82) is 0 Å². The summed E-state index contributed by atoms with van der Waals surface area (Å²) in [6, 6.07) is 8.67. The molecule has 0 fully saturated rings. The summed E-state index contributed by atoms with van der Waals surface area (Å²) in [5.74, 6) is 0.939. The summed E-state index contributed by atoms with van der Waals surface area (Å²) in [4.78, 5) is 24.0. The summed E-state index contributed by atoms with van der Waals surface area (Å²) in [6.07, 6.45) is 6.82. The van der Waals surface area contributed by atoms with Gasteiger partial charge in [-0.3, -0.25) is 4.57 Å². The van der Waals surface area contributed by atoms with Crippen molar-refractivity contribution in [3.8, 4) is 5.82 Å². The van der Waals surface area contributed by atoms with E-state index in [1.54, 1.807) is 30.2 Å². The van der Waals surface area contributed by atoms with Crippen LogP contribution in [-0.2, 0) is 12.8 Å². The molecule has 24 heavy (non-hydrogen) atoms. The van der Waals surface area contributed by atoms with E-state index in [-0.39, 0.29) is 11.7 Å². The average Bonchev–Trinajstić information content (AvgIpc) is 3.23. The summed E-state index contributed by atoms with van der Waals surface area (Å²) in [6.45, 7) is 1.76. The maximum absolute atomic E-state index is 11.2. The number of benzene rings is 1. The molecule has 3 aromatic rings. The lowest BCUT2D eigenvalue weighted by Gasteiger charge is -2.14. The Morgan fingerprint density at radius 1 is 1.21 bits per heavy atom. The molecule has 0 radical (unpaired) electrons. The fraction of sp³-hybridized carbons (Fsp3) is 0.235. The van der Waals surface area contributed by atoms with E-state index < -0.39 is 0 Å². The van der Waals surface area contributed by atoms with E-state index >= 15 is 0 Å². The Morgan fingerprint density at radius 2 is 1.96 bits per heavy atom. The molecule has 120 valence electrons. The van der Waals surface area contributed by atoms with E-state index in [9.17, 15) is 4.91 Å². The van der Waals surface area contributed by atoms with Crippen molar-refractivity contribution in [1.82, 2.24) is 19.5 Å². The van der Waals surface area contributed by atoms with Gasteiger partial charge in [0.1, 0.15) is 6.33 Å². The maximum atomic E-state index is 11.2. The van der Waals surface area contributed by atoms with E-state index in [0.29, 0.717) is 17.5 Å². The first-order valence-electron chi connectivity index (χ1n) is 7.78. The van der Waals surface area contributed by atoms with Gasteiger partial charge in [0.05, 0.1) is 5.69 Å². The van der Waals surface area contributed by atoms with Crippen LogP contribution in [0.5, 0.6) is 0 Å². The standard InChI is InChI=1S/C17H16N6O/c1-11-15(22-24)16(23-7-6-18-10-23)21-17(19-11)20-14-8-12-4-2-3-5-13(12)9-14/h2-7,10,14H,8-9H2,1H3,(H,19,20,21). The summed E-state index contributed by atoms with van der Waals surface area (Å²) >= 11 is 0. The zero-order valence-electron chi connectivity index (χ0n) is 13.2. The van der Waals surface area contributed by atoms with Crippen LogP contribution < -0.4 is 5.32 Å². The molecule has 0 unspecified atom stereocenters. The highest BCUT2D eigenvalue weighted by atomic mass is 16.3. The van der Waals surface area contributed by atoms with Gasteiger partial charge in [-0.15, -0.1) is 4.91 Å². The molecular weight excluding hydrogens is 304 g/mol. The monoisotopic (exact) mass is 320 g/mol. The van der Waals surface area contributed by atoms with Crippen LogP contribution >= 0.6 is 0 Å². The van der Waals surface area contributed by atoms with Gasteiger partial charge in [0.15, 0.2) is 11.5 Å². The Morgan fingerprint density at radius 3 is 2.58 bits per heavy atom. The molecule has 0 atom stereocenters. The Labute approximate surface area is 138 Å². The molecule has 0 amide bonds. The Balaban J connectivity index is 1.64. The van der Waals surface area contributed by atoms with Crippen molar-refractivity contribution in [2.75, 3.05) is 5.32 Å². The number of anilines is 1. The number of hydrogen-bond acceptors (Lipinski definition) is 6. The van der Waals surface area contributed by atoms with Crippen molar-refractivity contribution in [2.45, 2.75) is 25.8 Å². The lowest BCUT2D eigenvalue weighted by atomic mass is 10.1. The molecule has 7 heteroatoms. The molecule has 1 aliphatic rings. The average molecular weight is 320 g/mol. The largest absolute Gasteiger partial charge is 0.351 e. The van der Waals surface area contributed by atoms with Gasteiger partial charge in [-0.25, -0.2) is 9.97 Å². The number of nitrogens with zero attached hydrogens (tertiary/aromatic N) is 5. The topological polar surface area (TPSA) is 85.1 Å². The summed E-state index contributed by atoms with van der Waals surface area (Å²) < 4.78 is 1.67. The van der Waals surface area contributed by atoms with Gasteiger partial charge in [0, 0.05) is 18.4 Å². The highest BCUT2D eigenvalue weighted by Crippen LogP contribution is 2.28. The second-order valence-corrected chi connectivity index (χ2v) is 5.88. The molecule has 0 saturated carbocycles. The van der Waals surface area contributed by atoms with E-state index in [2.05, 4.69) is 49.7 Å². The highest BCUT2D eigenvalue weighted by Gasteiger charge is 2.22. The molecule has 0 saturated heterocycles. The minimum Gasteiger partial charge on any atom is -0.351 e. The minimum atomic E-state index is 0.230. The number of aryl methyl sites for hydroxylation is 1. The summed E-state index contributed by atoms with van der Waals surface area (Å²) in [7, 11) is 0. The molecule has 1 aromatic carbocycles. The fourth-order valence-corrected chi connectivity index (χ4v) is 3.13. The van der Waals surface area contributed by atoms with Crippen molar-refractivity contribution in [3.63, 3.8) is 0 Å². The van der Waals surface area contributed by atoms with E-state index in [1.807, 2.05) is 0 Å². The predicted octanol–water partition coefficient (Wildman–Crippen LogP) is 2.95. The van der Waals surface area contributed by atoms with Gasteiger partial charge in [0.2, 0.25) is 5.95 Å². The number of imidazole rings is 1. The van der Waals surface area contributed by atoms with Gasteiger partial charge < -0.3 is 5.32 Å². The molecule has 1 N–H and O–H groups in total. The number of nitroso groups, excluding NO2 is 1. The molecule has 1 aliphatic carbocycles. The minimum absolute atomic E-state index is 0.230. The Hall–Kier alpha value is -3.09. The van der Waals surface area contributed by atoms with Gasteiger partial charge in [-0.05, 0) is 36.1 Å². The van der Waals surface area contributed by atoms with E-state index in [1.165, 1.54) is 11.1 Å². The Bertz CT molecular complexity index is 865. The molecule has 0 aliphatic heterocycles. The zero-order valence-corrected chi connectivity index (χ0v) is 13.2. The third-order valence-corrected chi connectivity index (χ3v) is 4.26. The number of rotatable bonds is 4. The number of hydrogen-bond donors (Lipinski definition) is 1. The molecule has 4 rings (SSSR count). The first kappa shape index (κ1) is 14.5. The second-order valence-electron chi connectivity index (χ2n) is 5.88. The van der Waals surface area contributed by atoms with Crippen molar-refractivity contribution in [3.05, 3.63) is 64.7 Å². The van der Waals surface area contributed by atoms with E-state index in [4.69, 9.17) is 0 Å². The second kappa shape index (κ2) is 5.84. The first-order chi connectivity index (χ1) is 11.7. The van der Waals surface area contributed by atoms with Crippen LogP contribution in [0, 0.1) is 11.8 Å². The van der Waals surface area contributed by atoms with E-state index in [0.717, 1.165) is 12.8 Å². The van der Waals surface area contributed by atoms with Crippen LogP contribution in [0.15, 0.2) is 48.2 Å². The van der Waals surface area contributed by atoms with Crippen molar-refractivity contribution < 1.29 is 0 Å². The van der Waals surface area contributed by atoms with Crippen LogP contribution in [0.2, 0.25) is 0 Å². The fourth-order valence-electron chi connectivity index (χ4n) is 3.13.